The molecule has 0 bridgehead atoms. The second-order valence-corrected chi connectivity index (χ2v) is 20.5. The van der Waals surface area contributed by atoms with Crippen molar-refractivity contribution in [3.8, 4) is 0 Å². The van der Waals surface area contributed by atoms with Gasteiger partial charge < -0.3 is 4.84 Å². The summed E-state index contributed by atoms with van der Waals surface area (Å²) in [6.07, 6.45) is 21.9. The van der Waals surface area contributed by atoms with Crippen molar-refractivity contribution in [3.63, 3.8) is 0 Å². The topological polar surface area (TPSA) is 76.8 Å². The van der Waals surface area contributed by atoms with Gasteiger partial charge in [0.2, 0.25) is 0 Å². The zero-order valence-corrected chi connectivity index (χ0v) is 35.9. The van der Waals surface area contributed by atoms with Gasteiger partial charge in [-0.2, -0.15) is 4.91 Å². The minimum atomic E-state index is -2.62. The summed E-state index contributed by atoms with van der Waals surface area (Å²) in [6, 6.07) is 2.94. The van der Waals surface area contributed by atoms with Gasteiger partial charge in [0.15, 0.2) is 5.76 Å². The minimum Gasteiger partial charge on any atom is -0.357 e. The van der Waals surface area contributed by atoms with E-state index in [1.807, 2.05) is 0 Å². The minimum absolute atomic E-state index is 0.00916. The summed E-state index contributed by atoms with van der Waals surface area (Å²) in [6.45, 7) is 11.7. The van der Waals surface area contributed by atoms with Gasteiger partial charge >= 0.3 is 0 Å². The molecule has 320 valence electrons. The van der Waals surface area contributed by atoms with E-state index in [0.717, 1.165) is 98.8 Å². The lowest BCUT2D eigenvalue weighted by Crippen LogP contribution is -2.49. The Kier molecular flexibility index (Phi) is 9.68. The van der Waals surface area contributed by atoms with Crippen LogP contribution in [0.1, 0.15) is 140 Å². The maximum absolute atomic E-state index is 14.0. The molecule has 0 aromatic carbocycles. The Bertz CT molecular complexity index is 2410. The van der Waals surface area contributed by atoms with Crippen molar-refractivity contribution in [2.24, 2.45) is 61.6 Å². The molecule has 0 spiro atoms. The molecule has 2 aromatic heterocycles. The fourth-order valence-electron chi connectivity index (χ4n) is 14.4. The third-order valence-electron chi connectivity index (χ3n) is 17.6. The molecule has 10 atom stereocenters. The molecule has 0 amide bonds. The first kappa shape index (κ1) is 40.6. The highest BCUT2D eigenvalue weighted by atomic mass is 19.3. The van der Waals surface area contributed by atoms with Gasteiger partial charge in [-0.3, -0.25) is 9.97 Å². The van der Waals surface area contributed by atoms with Crippen molar-refractivity contribution in [2.45, 2.75) is 124 Å². The summed E-state index contributed by atoms with van der Waals surface area (Å²) in [5, 5.41) is 8.37. The summed E-state index contributed by atoms with van der Waals surface area (Å²) in [4.78, 5) is 26.7. The monoisotopic (exact) mass is 832 g/mol. The molecule has 10 unspecified atom stereocenters. The number of aromatic nitrogens is 2. The molecule has 4 fully saturated rings. The SMILES string of the molecule is CC1CC2C3=CC=C(c4cncc(C(F)F)c4)C3(C)CCC2C2(C)CCC(=NOC3=C4C5CCC6=CC(N=O)CCC6(C)C5CCC4(C)C(c4cncc(C(F)F)c4)=C3)C=C12. The standard InChI is InChI=1S/C51H56F4N4O2/c1-28-18-37-39-9-8-38(29-19-31(46(52)53)26-56-24-29)49(39,3)16-12-41(37)50(4)15-11-35(22-42(28)50)59-61-44-23-43(30-20-32(47(54)55)27-57-25-30)51(5)17-13-40-36(45(44)51)7-6-33-21-34(58-60)10-14-48(33,40)2/h8-9,19-28,34,36-37,40-41,46-47H,6-7,10-18H2,1-5H3. The number of pyridine rings is 2. The van der Waals surface area contributed by atoms with Gasteiger partial charge in [0.1, 0.15) is 6.04 Å². The number of nitroso groups, excluding NO2 is 1. The molecule has 0 saturated heterocycles. The highest BCUT2D eigenvalue weighted by Crippen LogP contribution is 2.68. The van der Waals surface area contributed by atoms with Crippen molar-refractivity contribution >= 4 is 16.9 Å². The van der Waals surface area contributed by atoms with Crippen LogP contribution in [0.3, 0.4) is 0 Å². The number of hydrogen-bond acceptors (Lipinski definition) is 6. The molecule has 0 N–H and O–H groups in total. The van der Waals surface area contributed by atoms with Crippen molar-refractivity contribution < 1.29 is 22.4 Å². The molecule has 10 heteroatoms. The number of alkyl halides is 4. The van der Waals surface area contributed by atoms with Gasteiger partial charge in [-0.15, -0.1) is 0 Å². The van der Waals surface area contributed by atoms with Crippen LogP contribution in [0.2, 0.25) is 0 Å². The van der Waals surface area contributed by atoms with Crippen LogP contribution in [-0.2, 0) is 4.84 Å². The zero-order chi connectivity index (χ0) is 42.6. The fourth-order valence-corrected chi connectivity index (χ4v) is 14.4. The lowest BCUT2D eigenvalue weighted by Gasteiger charge is -2.58. The first-order valence-corrected chi connectivity index (χ1v) is 22.5. The first-order valence-electron chi connectivity index (χ1n) is 22.5. The Morgan fingerprint density at radius 3 is 2.08 bits per heavy atom. The largest absolute Gasteiger partial charge is 0.357 e. The number of halogens is 4. The molecule has 2 heterocycles. The third-order valence-corrected chi connectivity index (χ3v) is 17.6. The van der Waals surface area contributed by atoms with Crippen LogP contribution in [0.25, 0.3) is 11.1 Å². The van der Waals surface area contributed by atoms with E-state index in [9.17, 15) is 22.5 Å². The number of rotatable bonds is 7. The molecule has 4 saturated carbocycles. The van der Waals surface area contributed by atoms with Crippen LogP contribution in [0.4, 0.5) is 17.6 Å². The molecule has 8 aliphatic rings. The summed E-state index contributed by atoms with van der Waals surface area (Å²) >= 11 is 0. The molecule has 10 rings (SSSR count). The van der Waals surface area contributed by atoms with Gasteiger partial charge in [-0.25, -0.2) is 17.6 Å². The van der Waals surface area contributed by atoms with E-state index in [-0.39, 0.29) is 39.3 Å². The van der Waals surface area contributed by atoms with Gasteiger partial charge in [0.25, 0.3) is 12.9 Å². The Morgan fingerprint density at radius 1 is 0.721 bits per heavy atom. The molecule has 61 heavy (non-hydrogen) atoms. The summed E-state index contributed by atoms with van der Waals surface area (Å²) in [7, 11) is 0. The quantitative estimate of drug-likeness (QED) is 0.120. The highest BCUT2D eigenvalue weighted by Gasteiger charge is 2.58. The number of fused-ring (bicyclic) bond motifs is 10. The lowest BCUT2D eigenvalue weighted by atomic mass is 9.46. The normalized spacial score (nSPS) is 38.3. The number of allylic oxidation sites excluding steroid dienone is 10. The number of oxime groups is 1. The average Bonchev–Trinajstić information content (AvgIpc) is 3.77. The van der Waals surface area contributed by atoms with Crippen molar-refractivity contribution in [1.29, 1.82) is 0 Å². The second-order valence-electron chi connectivity index (χ2n) is 20.5. The maximum Gasteiger partial charge on any atom is 0.265 e. The number of hydrogen-bond donors (Lipinski definition) is 0. The molecular weight excluding hydrogens is 777 g/mol. The van der Waals surface area contributed by atoms with E-state index < -0.39 is 18.3 Å². The second kappa shape index (κ2) is 14.5. The summed E-state index contributed by atoms with van der Waals surface area (Å²) in [5.74, 6) is 2.50. The van der Waals surface area contributed by atoms with Gasteiger partial charge in [-0.1, -0.05) is 79.9 Å². The van der Waals surface area contributed by atoms with Crippen molar-refractivity contribution in [2.75, 3.05) is 0 Å². The Labute approximate surface area is 356 Å². The summed E-state index contributed by atoms with van der Waals surface area (Å²) < 4.78 is 55.4. The predicted molar refractivity (Wildman–Crippen MR) is 230 cm³/mol. The molecule has 2 aromatic rings. The highest BCUT2D eigenvalue weighted by molar-refractivity contribution is 5.96. The van der Waals surface area contributed by atoms with E-state index in [0.29, 0.717) is 29.2 Å². The van der Waals surface area contributed by atoms with E-state index >= 15 is 0 Å². The smallest absolute Gasteiger partial charge is 0.265 e. The van der Waals surface area contributed by atoms with E-state index in [4.69, 9.17) is 9.99 Å². The molecule has 0 aliphatic heterocycles. The van der Waals surface area contributed by atoms with Crippen LogP contribution in [-0.4, -0.2) is 21.7 Å². The van der Waals surface area contributed by atoms with Gasteiger partial charge in [0.05, 0.1) is 5.71 Å². The number of nitrogens with zero attached hydrogens (tertiary/aromatic N) is 4. The van der Waals surface area contributed by atoms with Crippen LogP contribution in [0.15, 0.2) is 106 Å². The first-order chi connectivity index (χ1) is 29.2. The zero-order valence-electron chi connectivity index (χ0n) is 35.9. The average molecular weight is 833 g/mol. The lowest BCUT2D eigenvalue weighted by molar-refractivity contribution is 0.0528. The summed E-state index contributed by atoms with van der Waals surface area (Å²) in [5.41, 5.74) is 9.14. The van der Waals surface area contributed by atoms with Crippen LogP contribution < -0.4 is 0 Å². The molecular formula is C51H56F4N4O2. The molecule has 0 radical (unpaired) electrons. The fraction of sp³-hybridized carbons (Fsp3) is 0.549. The van der Waals surface area contributed by atoms with Crippen molar-refractivity contribution in [3.05, 3.63) is 123 Å². The Hall–Kier alpha value is -4.47. The molecule has 8 aliphatic carbocycles. The van der Waals surface area contributed by atoms with Gasteiger partial charge in [-0.05, 0) is 163 Å². The van der Waals surface area contributed by atoms with Crippen LogP contribution >= 0.6 is 0 Å². The van der Waals surface area contributed by atoms with E-state index in [2.05, 4.69) is 80.1 Å². The predicted octanol–water partition coefficient (Wildman–Crippen LogP) is 13.9. The van der Waals surface area contributed by atoms with E-state index in [1.54, 1.807) is 24.5 Å². The third kappa shape index (κ3) is 6.17. The van der Waals surface area contributed by atoms with Gasteiger partial charge in [0, 0.05) is 46.7 Å². The molecule has 6 nitrogen and oxygen atoms in total. The Morgan fingerprint density at radius 2 is 1.39 bits per heavy atom. The maximum atomic E-state index is 14.0. The van der Waals surface area contributed by atoms with Crippen LogP contribution in [0, 0.1) is 56.2 Å². The van der Waals surface area contributed by atoms with Crippen LogP contribution in [0.5, 0.6) is 0 Å². The Balaban J connectivity index is 0.956. The van der Waals surface area contributed by atoms with E-state index in [1.165, 1.54) is 34.7 Å². The van der Waals surface area contributed by atoms with Crippen molar-refractivity contribution in [1.82, 2.24) is 9.97 Å².